The van der Waals surface area contributed by atoms with E-state index in [2.05, 4.69) is 9.71 Å². The molecule has 0 radical (unpaired) electrons. The van der Waals surface area contributed by atoms with E-state index in [0.717, 1.165) is 35.6 Å². The predicted octanol–water partition coefficient (Wildman–Crippen LogP) is 1.55. The fraction of sp³-hybridized carbons (Fsp3) is 0. The fourth-order valence-electron chi connectivity index (χ4n) is 1.34. The van der Waals surface area contributed by atoms with Crippen LogP contribution in [0, 0.1) is 10.1 Å². The summed E-state index contributed by atoms with van der Waals surface area (Å²) < 4.78 is 26.1. The van der Waals surface area contributed by atoms with Crippen molar-refractivity contribution in [1.82, 2.24) is 4.98 Å². The van der Waals surface area contributed by atoms with Gasteiger partial charge in [-0.2, -0.15) is 0 Å². The van der Waals surface area contributed by atoms with Crippen LogP contribution in [0.1, 0.15) is 10.5 Å². The van der Waals surface area contributed by atoms with Crippen molar-refractivity contribution < 1.29 is 23.2 Å². The first-order valence-corrected chi connectivity index (χ1v) is 7.62. The zero-order valence-electron chi connectivity index (χ0n) is 10.1. The van der Waals surface area contributed by atoms with Crippen molar-refractivity contribution in [3.8, 4) is 0 Å². The maximum absolute atomic E-state index is 12.0. The van der Waals surface area contributed by atoms with E-state index in [4.69, 9.17) is 5.11 Å². The van der Waals surface area contributed by atoms with Gasteiger partial charge in [0.1, 0.15) is 0 Å². The van der Waals surface area contributed by atoms with Crippen molar-refractivity contribution in [3.05, 3.63) is 45.5 Å². The van der Waals surface area contributed by atoms with Gasteiger partial charge in [-0.15, -0.1) is 11.3 Å². The lowest BCUT2D eigenvalue weighted by Crippen LogP contribution is -2.13. The number of carboxylic acids is 1. The first kappa shape index (κ1) is 14.9. The average Bonchev–Trinajstić information content (AvgIpc) is 2.87. The van der Waals surface area contributed by atoms with Crippen LogP contribution < -0.4 is 4.72 Å². The summed E-state index contributed by atoms with van der Waals surface area (Å²) in [6.07, 6.45) is 0. The van der Waals surface area contributed by atoms with Gasteiger partial charge in [-0.3, -0.25) is 14.8 Å². The zero-order chi connectivity index (χ0) is 15.6. The summed E-state index contributed by atoms with van der Waals surface area (Å²) in [4.78, 5) is 23.9. The van der Waals surface area contributed by atoms with Gasteiger partial charge in [0.05, 0.1) is 9.82 Å². The number of benzene rings is 1. The van der Waals surface area contributed by atoms with Gasteiger partial charge in [-0.25, -0.2) is 18.2 Å². The van der Waals surface area contributed by atoms with Crippen LogP contribution in [0.2, 0.25) is 0 Å². The molecule has 21 heavy (non-hydrogen) atoms. The van der Waals surface area contributed by atoms with Crippen LogP contribution in [0.25, 0.3) is 0 Å². The van der Waals surface area contributed by atoms with Crippen LogP contribution in [0.4, 0.5) is 10.8 Å². The van der Waals surface area contributed by atoms with Crippen LogP contribution >= 0.6 is 11.3 Å². The van der Waals surface area contributed by atoms with Crippen LogP contribution in [0.15, 0.2) is 34.5 Å². The summed E-state index contributed by atoms with van der Waals surface area (Å²) in [6, 6.07) is 4.26. The number of aromatic nitrogens is 1. The summed E-state index contributed by atoms with van der Waals surface area (Å²) in [5.41, 5.74) is -0.516. The minimum atomic E-state index is -3.99. The lowest BCUT2D eigenvalue weighted by Gasteiger charge is -2.04. The molecule has 110 valence electrons. The minimum Gasteiger partial charge on any atom is -0.476 e. The molecule has 9 nitrogen and oxygen atoms in total. The highest BCUT2D eigenvalue weighted by Gasteiger charge is 2.18. The van der Waals surface area contributed by atoms with E-state index in [1.807, 2.05) is 0 Å². The van der Waals surface area contributed by atoms with Gasteiger partial charge in [0.2, 0.25) is 0 Å². The predicted molar refractivity (Wildman–Crippen MR) is 73.0 cm³/mol. The monoisotopic (exact) mass is 329 g/mol. The normalized spacial score (nSPS) is 11.0. The molecule has 0 aliphatic heterocycles. The molecule has 0 saturated heterocycles. The van der Waals surface area contributed by atoms with Crippen LogP contribution in [-0.2, 0) is 10.0 Å². The molecule has 11 heteroatoms. The maximum atomic E-state index is 12.0. The number of anilines is 1. The Kier molecular flexibility index (Phi) is 3.86. The number of aromatic carboxylic acids is 1. The van der Waals surface area contributed by atoms with Gasteiger partial charge >= 0.3 is 5.97 Å². The third-order valence-electron chi connectivity index (χ3n) is 2.30. The van der Waals surface area contributed by atoms with E-state index < -0.39 is 20.9 Å². The highest BCUT2D eigenvalue weighted by Crippen LogP contribution is 2.21. The largest absolute Gasteiger partial charge is 0.476 e. The molecule has 2 N–H and O–H groups in total. The third-order valence-corrected chi connectivity index (χ3v) is 4.54. The summed E-state index contributed by atoms with van der Waals surface area (Å²) >= 11 is 0.817. The van der Waals surface area contributed by atoms with Crippen molar-refractivity contribution >= 4 is 38.1 Å². The number of nitro groups is 1. The molecule has 0 saturated carbocycles. The summed E-state index contributed by atoms with van der Waals surface area (Å²) in [7, 11) is -3.99. The van der Waals surface area contributed by atoms with Crippen molar-refractivity contribution in [1.29, 1.82) is 0 Å². The number of carbonyl (C=O) groups is 1. The van der Waals surface area contributed by atoms with E-state index in [9.17, 15) is 23.3 Å². The molecule has 1 aromatic carbocycles. The first-order chi connectivity index (χ1) is 9.79. The maximum Gasteiger partial charge on any atom is 0.355 e. The first-order valence-electron chi connectivity index (χ1n) is 5.26. The molecule has 2 rings (SSSR count). The van der Waals surface area contributed by atoms with Gasteiger partial charge in [0.15, 0.2) is 10.8 Å². The van der Waals surface area contributed by atoms with Crippen LogP contribution in [0.3, 0.4) is 0 Å². The molecule has 1 heterocycles. The Bertz CT molecular complexity index is 796. The molecule has 0 amide bonds. The van der Waals surface area contributed by atoms with Crippen LogP contribution in [-0.4, -0.2) is 29.4 Å². The van der Waals surface area contributed by atoms with E-state index in [-0.39, 0.29) is 21.4 Å². The summed E-state index contributed by atoms with van der Waals surface area (Å²) in [5.74, 6) is -1.27. The fourth-order valence-corrected chi connectivity index (χ4v) is 3.28. The number of hydrogen-bond donors (Lipinski definition) is 2. The van der Waals surface area contributed by atoms with Gasteiger partial charge in [-0.05, 0) is 12.1 Å². The lowest BCUT2D eigenvalue weighted by molar-refractivity contribution is -0.384. The van der Waals surface area contributed by atoms with E-state index >= 15 is 0 Å². The van der Waals surface area contributed by atoms with E-state index in [1.165, 1.54) is 5.38 Å². The molecule has 0 unspecified atom stereocenters. The minimum absolute atomic E-state index is 0.106. The molecule has 0 spiro atoms. The topological polar surface area (TPSA) is 140 Å². The van der Waals surface area contributed by atoms with Gasteiger partial charge < -0.3 is 5.11 Å². The van der Waals surface area contributed by atoms with Crippen molar-refractivity contribution in [2.24, 2.45) is 0 Å². The highest BCUT2D eigenvalue weighted by molar-refractivity contribution is 7.93. The molecule has 0 aliphatic rings. The number of nitrogens with zero attached hydrogens (tertiary/aromatic N) is 2. The molecule has 0 bridgehead atoms. The van der Waals surface area contributed by atoms with E-state index in [0.29, 0.717) is 0 Å². The van der Waals surface area contributed by atoms with Gasteiger partial charge in [-0.1, -0.05) is 0 Å². The Morgan fingerprint density at radius 2 is 1.95 bits per heavy atom. The Hall–Kier alpha value is -2.53. The number of rotatable bonds is 5. The Labute approximate surface area is 122 Å². The summed E-state index contributed by atoms with van der Waals surface area (Å²) in [5, 5.41) is 20.3. The molecule has 0 aliphatic carbocycles. The van der Waals surface area contributed by atoms with Crippen molar-refractivity contribution in [3.63, 3.8) is 0 Å². The number of sulfonamides is 1. The molecule has 0 fully saturated rings. The molecule has 2 aromatic rings. The van der Waals surface area contributed by atoms with E-state index in [1.54, 1.807) is 0 Å². The quantitative estimate of drug-likeness (QED) is 0.626. The molecular formula is C10H7N3O6S2. The van der Waals surface area contributed by atoms with Crippen molar-refractivity contribution in [2.45, 2.75) is 4.90 Å². The average molecular weight is 329 g/mol. The SMILES string of the molecule is O=C(O)c1csc(NS(=O)(=O)c2ccc([N+](=O)[O-])cc2)n1. The van der Waals surface area contributed by atoms with Gasteiger partial charge in [0.25, 0.3) is 15.7 Å². The standard InChI is InChI=1S/C10H7N3O6S2/c14-9(15)8-5-20-10(11-8)12-21(18,19)7-3-1-6(2-4-7)13(16)17/h1-5H,(H,11,12)(H,14,15). The number of thiazole rings is 1. The Balaban J connectivity index is 2.24. The summed E-state index contributed by atoms with van der Waals surface area (Å²) in [6.45, 7) is 0. The second-order valence-corrected chi connectivity index (χ2v) is 6.24. The Morgan fingerprint density at radius 1 is 1.33 bits per heavy atom. The second-order valence-electron chi connectivity index (χ2n) is 3.70. The third kappa shape index (κ3) is 3.32. The number of carboxylic acid groups (broad SMARTS) is 1. The smallest absolute Gasteiger partial charge is 0.355 e. The number of non-ortho nitro benzene ring substituents is 1. The van der Waals surface area contributed by atoms with Gasteiger partial charge in [0, 0.05) is 17.5 Å². The molecule has 0 atom stereocenters. The lowest BCUT2D eigenvalue weighted by atomic mass is 10.3. The van der Waals surface area contributed by atoms with Crippen LogP contribution in [0.5, 0.6) is 0 Å². The number of hydrogen-bond acceptors (Lipinski definition) is 7. The zero-order valence-corrected chi connectivity index (χ0v) is 11.7. The van der Waals surface area contributed by atoms with Crippen molar-refractivity contribution in [2.75, 3.05) is 4.72 Å². The Morgan fingerprint density at radius 3 is 2.43 bits per heavy atom. The molecule has 1 aromatic heterocycles. The molecular weight excluding hydrogens is 322 g/mol. The number of nitro benzene ring substituents is 1. The number of nitrogens with one attached hydrogen (secondary N) is 1. The second kappa shape index (κ2) is 5.46. The highest BCUT2D eigenvalue weighted by atomic mass is 32.2.